The molecule has 158 valence electrons. The fraction of sp³-hybridized carbons (Fsp3) is 0.136. The highest BCUT2D eigenvalue weighted by Gasteiger charge is 2.15. The summed E-state index contributed by atoms with van der Waals surface area (Å²) in [6.45, 7) is 4.37. The van der Waals surface area contributed by atoms with Gasteiger partial charge in [-0.3, -0.25) is 4.57 Å². The maximum absolute atomic E-state index is 13.8. The monoisotopic (exact) mass is 456 g/mol. The number of aromatic nitrogens is 4. The highest BCUT2D eigenvalue weighted by atomic mass is 35.5. The predicted molar refractivity (Wildman–Crippen MR) is 117 cm³/mol. The molecule has 0 unspecified atom stereocenters. The molecule has 0 atom stereocenters. The van der Waals surface area contributed by atoms with E-state index in [2.05, 4.69) is 21.8 Å². The smallest absolute Gasteiger partial charge is 0.226 e. The number of benzene rings is 2. The van der Waals surface area contributed by atoms with E-state index in [1.165, 1.54) is 17.8 Å². The molecule has 0 saturated carbocycles. The van der Waals surface area contributed by atoms with Crippen molar-refractivity contribution in [2.24, 2.45) is 0 Å². The Balaban J connectivity index is 1.44. The highest BCUT2D eigenvalue weighted by Crippen LogP contribution is 2.26. The number of thioether (sulfide) groups is 1. The molecule has 4 rings (SSSR count). The number of nitrogens with zero attached hydrogens (tertiary/aromatic N) is 4. The fourth-order valence-electron chi connectivity index (χ4n) is 2.81. The zero-order valence-electron chi connectivity index (χ0n) is 16.4. The standard InChI is InChI=1S/C22H18ClFN4O2S/c1-2-10-28-20(13-29-19-9-4-3-8-18(19)24)26-27-22(28)31-14-17-12-30-21(25-17)15-6-5-7-16(23)11-15/h2-9,11-12H,1,10,13-14H2. The molecule has 0 bridgehead atoms. The molecule has 0 aliphatic rings. The van der Waals surface area contributed by atoms with E-state index < -0.39 is 5.82 Å². The first-order valence-corrected chi connectivity index (χ1v) is 10.7. The maximum Gasteiger partial charge on any atom is 0.226 e. The minimum atomic E-state index is -0.423. The summed E-state index contributed by atoms with van der Waals surface area (Å²) in [6.07, 6.45) is 3.35. The van der Waals surface area contributed by atoms with Gasteiger partial charge in [0.1, 0.15) is 12.9 Å². The lowest BCUT2D eigenvalue weighted by Gasteiger charge is -2.09. The molecular weight excluding hydrogens is 439 g/mol. The molecule has 4 aromatic rings. The zero-order valence-corrected chi connectivity index (χ0v) is 17.9. The van der Waals surface area contributed by atoms with Crippen LogP contribution >= 0.6 is 23.4 Å². The number of allylic oxidation sites excluding steroid dienone is 1. The lowest BCUT2D eigenvalue weighted by Crippen LogP contribution is -2.08. The van der Waals surface area contributed by atoms with Crippen LogP contribution < -0.4 is 4.74 Å². The van der Waals surface area contributed by atoms with Crippen molar-refractivity contribution in [3.05, 3.63) is 89.8 Å². The molecule has 0 aliphatic heterocycles. The van der Waals surface area contributed by atoms with Crippen molar-refractivity contribution in [3.63, 3.8) is 0 Å². The minimum Gasteiger partial charge on any atom is -0.483 e. The van der Waals surface area contributed by atoms with Gasteiger partial charge in [0, 0.05) is 22.9 Å². The number of hydrogen-bond donors (Lipinski definition) is 0. The van der Waals surface area contributed by atoms with Crippen molar-refractivity contribution in [1.82, 2.24) is 19.7 Å². The summed E-state index contributed by atoms with van der Waals surface area (Å²) >= 11 is 7.50. The number of hydrogen-bond acceptors (Lipinski definition) is 6. The van der Waals surface area contributed by atoms with E-state index in [-0.39, 0.29) is 12.4 Å². The largest absolute Gasteiger partial charge is 0.483 e. The van der Waals surface area contributed by atoms with E-state index in [1.54, 1.807) is 42.7 Å². The minimum absolute atomic E-state index is 0.0885. The molecule has 0 N–H and O–H groups in total. The van der Waals surface area contributed by atoms with Crippen molar-refractivity contribution < 1.29 is 13.5 Å². The summed E-state index contributed by atoms with van der Waals surface area (Å²) in [5.74, 6) is 1.36. The van der Waals surface area contributed by atoms with Crippen LogP contribution in [-0.2, 0) is 18.9 Å². The molecule has 31 heavy (non-hydrogen) atoms. The first-order chi connectivity index (χ1) is 15.1. The van der Waals surface area contributed by atoms with Gasteiger partial charge >= 0.3 is 0 Å². The van der Waals surface area contributed by atoms with Crippen LogP contribution in [0.25, 0.3) is 11.5 Å². The average Bonchev–Trinajstić information content (AvgIpc) is 3.39. The van der Waals surface area contributed by atoms with Crippen molar-refractivity contribution in [1.29, 1.82) is 0 Å². The summed E-state index contributed by atoms with van der Waals surface area (Å²) in [7, 11) is 0. The van der Waals surface area contributed by atoms with Crippen LogP contribution in [0.4, 0.5) is 4.39 Å². The molecule has 0 saturated heterocycles. The normalized spacial score (nSPS) is 10.9. The maximum atomic E-state index is 13.8. The van der Waals surface area contributed by atoms with E-state index in [0.717, 1.165) is 11.3 Å². The van der Waals surface area contributed by atoms with Crippen LogP contribution in [0.2, 0.25) is 5.02 Å². The van der Waals surface area contributed by atoms with Gasteiger partial charge in [-0.1, -0.05) is 47.6 Å². The molecule has 0 fully saturated rings. The van der Waals surface area contributed by atoms with E-state index in [1.807, 2.05) is 16.7 Å². The van der Waals surface area contributed by atoms with Crippen LogP contribution in [0.3, 0.4) is 0 Å². The first kappa shape index (κ1) is 21.1. The Kier molecular flexibility index (Phi) is 6.69. The molecule has 0 amide bonds. The van der Waals surface area contributed by atoms with Crippen molar-refractivity contribution in [2.45, 2.75) is 24.1 Å². The van der Waals surface area contributed by atoms with Crippen molar-refractivity contribution >= 4 is 23.4 Å². The molecule has 2 aromatic heterocycles. The number of ether oxygens (including phenoxy) is 1. The number of para-hydroxylation sites is 1. The highest BCUT2D eigenvalue weighted by molar-refractivity contribution is 7.98. The zero-order chi connectivity index (χ0) is 21.6. The Bertz CT molecular complexity index is 1190. The Morgan fingerprint density at radius 2 is 2.06 bits per heavy atom. The number of halogens is 2. The third kappa shape index (κ3) is 5.15. The summed E-state index contributed by atoms with van der Waals surface area (Å²) in [5.41, 5.74) is 1.57. The Morgan fingerprint density at radius 3 is 2.87 bits per heavy atom. The van der Waals surface area contributed by atoms with Crippen molar-refractivity contribution in [2.75, 3.05) is 0 Å². The molecular formula is C22H18ClFN4O2S. The Hall–Kier alpha value is -3.10. The van der Waals surface area contributed by atoms with Gasteiger partial charge in [0.15, 0.2) is 22.5 Å². The van der Waals surface area contributed by atoms with Crippen LogP contribution in [0.5, 0.6) is 5.75 Å². The second kappa shape index (κ2) is 9.80. The molecule has 0 aliphatic carbocycles. The van der Waals surface area contributed by atoms with E-state index in [0.29, 0.717) is 34.2 Å². The summed E-state index contributed by atoms with van der Waals surface area (Å²) in [6, 6.07) is 13.6. The van der Waals surface area contributed by atoms with Gasteiger partial charge in [0.25, 0.3) is 0 Å². The quantitative estimate of drug-likeness (QED) is 0.235. The number of rotatable bonds is 9. The third-order valence-electron chi connectivity index (χ3n) is 4.27. The van der Waals surface area contributed by atoms with Gasteiger partial charge in [-0.2, -0.15) is 0 Å². The van der Waals surface area contributed by atoms with Gasteiger partial charge in [-0.05, 0) is 30.3 Å². The molecule has 0 spiro atoms. The van der Waals surface area contributed by atoms with Gasteiger partial charge in [-0.15, -0.1) is 16.8 Å². The fourth-order valence-corrected chi connectivity index (χ4v) is 3.85. The van der Waals surface area contributed by atoms with Crippen LogP contribution in [-0.4, -0.2) is 19.7 Å². The van der Waals surface area contributed by atoms with E-state index in [4.69, 9.17) is 20.8 Å². The predicted octanol–water partition coefficient (Wildman–Crippen LogP) is 5.78. The average molecular weight is 457 g/mol. The third-order valence-corrected chi connectivity index (χ3v) is 5.51. The molecule has 2 aromatic carbocycles. The first-order valence-electron chi connectivity index (χ1n) is 9.37. The van der Waals surface area contributed by atoms with E-state index >= 15 is 0 Å². The van der Waals surface area contributed by atoms with Crippen molar-refractivity contribution in [3.8, 4) is 17.2 Å². The van der Waals surface area contributed by atoms with Gasteiger partial charge in [0.05, 0.1) is 5.69 Å². The van der Waals surface area contributed by atoms with Gasteiger partial charge in [0.2, 0.25) is 5.89 Å². The SMILES string of the molecule is C=CCn1c(COc2ccccc2F)nnc1SCc1coc(-c2cccc(Cl)c2)n1. The molecule has 0 radical (unpaired) electrons. The van der Waals surface area contributed by atoms with E-state index in [9.17, 15) is 4.39 Å². The topological polar surface area (TPSA) is 66.0 Å². The van der Waals surface area contributed by atoms with Crippen LogP contribution in [0.15, 0.2) is 77.0 Å². The van der Waals surface area contributed by atoms with Crippen LogP contribution in [0.1, 0.15) is 11.5 Å². The lowest BCUT2D eigenvalue weighted by atomic mass is 10.2. The second-order valence-electron chi connectivity index (χ2n) is 6.46. The Labute approximate surface area is 187 Å². The molecule has 6 nitrogen and oxygen atoms in total. The summed E-state index contributed by atoms with van der Waals surface area (Å²) < 4.78 is 26.8. The van der Waals surface area contributed by atoms with Gasteiger partial charge in [-0.25, -0.2) is 9.37 Å². The lowest BCUT2D eigenvalue weighted by molar-refractivity contribution is 0.275. The molecule has 2 heterocycles. The Morgan fingerprint density at radius 1 is 1.19 bits per heavy atom. The van der Waals surface area contributed by atoms with Crippen LogP contribution in [0, 0.1) is 5.82 Å². The van der Waals surface area contributed by atoms with Gasteiger partial charge < -0.3 is 9.15 Å². The second-order valence-corrected chi connectivity index (χ2v) is 7.84. The summed E-state index contributed by atoms with van der Waals surface area (Å²) in [5, 5.41) is 9.73. The molecule has 9 heteroatoms. The number of oxazole rings is 1. The summed E-state index contributed by atoms with van der Waals surface area (Å²) in [4.78, 5) is 4.51.